The second-order valence-electron chi connectivity index (χ2n) is 3.42. The first-order chi connectivity index (χ1) is 8.20. The van der Waals surface area contributed by atoms with Crippen LogP contribution in [-0.4, -0.2) is 28.1 Å². The summed E-state index contributed by atoms with van der Waals surface area (Å²) >= 11 is 3.20. The van der Waals surface area contributed by atoms with Crippen LogP contribution in [0.3, 0.4) is 0 Å². The first kappa shape index (κ1) is 12.3. The fourth-order valence-electron chi connectivity index (χ4n) is 1.35. The second kappa shape index (κ2) is 5.46. The molecule has 0 aliphatic carbocycles. The third-order valence-corrected chi connectivity index (χ3v) is 3.74. The largest absolute Gasteiger partial charge is 0.368 e. The fourth-order valence-corrected chi connectivity index (χ4v) is 2.30. The summed E-state index contributed by atoms with van der Waals surface area (Å²) in [6, 6.07) is 7.93. The Morgan fingerprint density at radius 3 is 2.76 bits per heavy atom. The van der Waals surface area contributed by atoms with Gasteiger partial charge < -0.3 is 5.73 Å². The van der Waals surface area contributed by atoms with Crippen molar-refractivity contribution >= 4 is 40.7 Å². The van der Waals surface area contributed by atoms with Gasteiger partial charge in [-0.3, -0.25) is 0 Å². The first-order valence-electron chi connectivity index (χ1n) is 5.09. The molecule has 2 N–H and O–H groups in total. The van der Waals surface area contributed by atoms with E-state index in [1.807, 2.05) is 37.4 Å². The smallest absolute Gasteiger partial charge is 0.218 e. The summed E-state index contributed by atoms with van der Waals surface area (Å²) < 4.78 is 0. The fraction of sp³-hybridized carbons (Fsp3) is 0.273. The van der Waals surface area contributed by atoms with Gasteiger partial charge in [0.05, 0.1) is 5.69 Å². The molecule has 1 aromatic rings. The van der Waals surface area contributed by atoms with Crippen molar-refractivity contribution in [2.75, 3.05) is 6.26 Å². The van der Waals surface area contributed by atoms with Crippen LogP contribution < -0.4 is 5.73 Å². The molecule has 89 valence electrons. The SMILES string of the molecule is CSc1ccc(N=C(N)N2N=[C]SC2C)cc1. The summed E-state index contributed by atoms with van der Waals surface area (Å²) in [7, 11) is 0. The Labute approximate surface area is 109 Å². The zero-order valence-corrected chi connectivity index (χ0v) is 11.3. The highest BCUT2D eigenvalue weighted by molar-refractivity contribution is 8.12. The van der Waals surface area contributed by atoms with Crippen molar-refractivity contribution in [3.63, 3.8) is 0 Å². The van der Waals surface area contributed by atoms with Crippen molar-refractivity contribution in [3.8, 4) is 0 Å². The third kappa shape index (κ3) is 2.95. The van der Waals surface area contributed by atoms with Gasteiger partial charge in [0.1, 0.15) is 5.37 Å². The predicted octanol–water partition coefficient (Wildman–Crippen LogP) is 2.57. The van der Waals surface area contributed by atoms with Crippen molar-refractivity contribution in [2.45, 2.75) is 17.2 Å². The number of benzene rings is 1. The molecule has 0 amide bonds. The third-order valence-electron chi connectivity index (χ3n) is 2.27. The second-order valence-corrected chi connectivity index (χ2v) is 5.40. The number of thioether (sulfide) groups is 2. The molecule has 1 aromatic carbocycles. The Hall–Kier alpha value is -1.14. The van der Waals surface area contributed by atoms with Gasteiger partial charge >= 0.3 is 0 Å². The molecule has 1 heterocycles. The van der Waals surface area contributed by atoms with E-state index >= 15 is 0 Å². The number of hydrogen-bond acceptors (Lipinski definition) is 4. The lowest BCUT2D eigenvalue weighted by Gasteiger charge is -2.17. The minimum atomic E-state index is 0.157. The molecule has 17 heavy (non-hydrogen) atoms. The number of nitrogens with zero attached hydrogens (tertiary/aromatic N) is 3. The van der Waals surface area contributed by atoms with Crippen molar-refractivity contribution in [1.29, 1.82) is 0 Å². The van der Waals surface area contributed by atoms with Crippen LogP contribution in [0.15, 0.2) is 39.3 Å². The molecule has 4 nitrogen and oxygen atoms in total. The van der Waals surface area contributed by atoms with E-state index in [9.17, 15) is 0 Å². The number of guanidine groups is 1. The van der Waals surface area contributed by atoms with Crippen LogP contribution in [0.4, 0.5) is 5.69 Å². The highest BCUT2D eigenvalue weighted by Crippen LogP contribution is 2.22. The Morgan fingerprint density at radius 1 is 1.53 bits per heavy atom. The van der Waals surface area contributed by atoms with Crippen molar-refractivity contribution in [1.82, 2.24) is 5.01 Å². The lowest BCUT2D eigenvalue weighted by atomic mass is 10.3. The topological polar surface area (TPSA) is 54.0 Å². The Balaban J connectivity index is 2.14. The van der Waals surface area contributed by atoms with Crippen LogP contribution in [0.1, 0.15) is 6.92 Å². The minimum absolute atomic E-state index is 0.157. The molecule has 0 fully saturated rings. The zero-order valence-electron chi connectivity index (χ0n) is 9.62. The normalized spacial score (nSPS) is 20.0. The number of hydrogen-bond donors (Lipinski definition) is 1. The van der Waals surface area contributed by atoms with Gasteiger partial charge in [-0.2, -0.15) is 5.10 Å². The van der Waals surface area contributed by atoms with Crippen molar-refractivity contribution in [2.24, 2.45) is 15.8 Å². The number of rotatable bonds is 2. The van der Waals surface area contributed by atoms with E-state index in [4.69, 9.17) is 5.73 Å². The lowest BCUT2D eigenvalue weighted by Crippen LogP contribution is -2.35. The molecular weight excluding hydrogens is 252 g/mol. The Morgan fingerprint density at radius 2 is 2.24 bits per heavy atom. The van der Waals surface area contributed by atoms with Crippen LogP contribution in [0, 0.1) is 0 Å². The number of aliphatic imine (C=N–C) groups is 1. The maximum atomic E-state index is 5.90. The summed E-state index contributed by atoms with van der Waals surface area (Å²) in [4.78, 5) is 5.54. The summed E-state index contributed by atoms with van der Waals surface area (Å²) in [6.07, 6.45) is 2.04. The Kier molecular flexibility index (Phi) is 3.96. The van der Waals surface area contributed by atoms with Gasteiger partial charge in [-0.1, -0.05) is 11.8 Å². The number of nitrogens with two attached hydrogens (primary N) is 1. The molecule has 6 heteroatoms. The molecule has 0 bridgehead atoms. The predicted molar refractivity (Wildman–Crippen MR) is 75.8 cm³/mol. The van der Waals surface area contributed by atoms with Crippen molar-refractivity contribution < 1.29 is 0 Å². The van der Waals surface area contributed by atoms with E-state index in [1.165, 1.54) is 16.7 Å². The van der Waals surface area contributed by atoms with Gasteiger partial charge in [0.25, 0.3) is 0 Å². The standard InChI is InChI=1S/C11H13N4S2/c1-8-15(13-7-17-8)11(12)14-9-3-5-10(16-2)6-4-9/h3-6,8H,1-2H3,(H2,12,14). The van der Waals surface area contributed by atoms with Crippen LogP contribution in [0.2, 0.25) is 0 Å². The van der Waals surface area contributed by atoms with E-state index < -0.39 is 0 Å². The maximum absolute atomic E-state index is 5.90. The molecule has 2 rings (SSSR count). The van der Waals surface area contributed by atoms with Gasteiger partial charge in [0.2, 0.25) is 5.96 Å². The molecule has 1 unspecified atom stereocenters. The molecule has 1 atom stereocenters. The molecule has 0 spiro atoms. The molecular formula is C11H13N4S2. The minimum Gasteiger partial charge on any atom is -0.368 e. The molecule has 1 aliphatic heterocycles. The van der Waals surface area contributed by atoms with E-state index in [-0.39, 0.29) is 5.37 Å². The highest BCUT2D eigenvalue weighted by Gasteiger charge is 2.20. The van der Waals surface area contributed by atoms with Gasteiger partial charge in [-0.05, 0) is 37.4 Å². The number of hydrazone groups is 1. The lowest BCUT2D eigenvalue weighted by molar-refractivity contribution is 0.446. The average Bonchev–Trinajstić information content (AvgIpc) is 2.76. The van der Waals surface area contributed by atoms with E-state index in [0.717, 1.165) is 5.69 Å². The van der Waals surface area contributed by atoms with Gasteiger partial charge in [0, 0.05) is 4.90 Å². The monoisotopic (exact) mass is 265 g/mol. The van der Waals surface area contributed by atoms with Crippen LogP contribution >= 0.6 is 23.5 Å². The van der Waals surface area contributed by atoms with E-state index in [0.29, 0.717) is 5.96 Å². The quantitative estimate of drug-likeness (QED) is 0.507. The van der Waals surface area contributed by atoms with E-state index in [1.54, 1.807) is 16.8 Å². The van der Waals surface area contributed by atoms with Crippen LogP contribution in [0.5, 0.6) is 0 Å². The van der Waals surface area contributed by atoms with Gasteiger partial charge in [0.15, 0.2) is 5.55 Å². The molecule has 1 radical (unpaired) electrons. The highest BCUT2D eigenvalue weighted by atomic mass is 32.2. The summed E-state index contributed by atoms with van der Waals surface area (Å²) in [5.41, 5.74) is 9.54. The molecule has 0 aromatic heterocycles. The van der Waals surface area contributed by atoms with Gasteiger partial charge in [-0.25, -0.2) is 10.0 Å². The molecule has 0 saturated heterocycles. The van der Waals surface area contributed by atoms with E-state index in [2.05, 4.69) is 15.6 Å². The van der Waals surface area contributed by atoms with Crippen LogP contribution in [-0.2, 0) is 0 Å². The summed E-state index contributed by atoms with van der Waals surface area (Å²) in [5.74, 6) is 0.395. The van der Waals surface area contributed by atoms with Gasteiger partial charge in [-0.15, -0.1) is 11.8 Å². The summed E-state index contributed by atoms with van der Waals surface area (Å²) in [5, 5.41) is 5.85. The summed E-state index contributed by atoms with van der Waals surface area (Å²) in [6.45, 7) is 2.01. The maximum Gasteiger partial charge on any atom is 0.218 e. The average molecular weight is 265 g/mol. The molecule has 1 aliphatic rings. The zero-order chi connectivity index (χ0) is 12.3. The molecule has 0 saturated carbocycles. The van der Waals surface area contributed by atoms with Crippen LogP contribution in [0.25, 0.3) is 0 Å². The Bertz CT molecular complexity index is 441. The first-order valence-corrected chi connectivity index (χ1v) is 7.20. The van der Waals surface area contributed by atoms with Crippen molar-refractivity contribution in [3.05, 3.63) is 24.3 Å².